The third-order valence-corrected chi connectivity index (χ3v) is 6.08. The van der Waals surface area contributed by atoms with Crippen molar-refractivity contribution in [1.29, 1.82) is 0 Å². The third kappa shape index (κ3) is 5.24. The van der Waals surface area contributed by atoms with Gasteiger partial charge in [0.05, 0.1) is 18.1 Å². The van der Waals surface area contributed by atoms with Crippen molar-refractivity contribution in [3.8, 4) is 5.75 Å². The van der Waals surface area contributed by atoms with Crippen molar-refractivity contribution < 1.29 is 22.7 Å². The molecule has 1 heterocycles. The molecule has 7 nitrogen and oxygen atoms in total. The standard InChI is InChI=1S/C19H21BrN2O5S/c1-14(19(23)22-9-11-26-12-10-22)27-17-5-7-18(8-6-17)28(24,25)21-16-4-2-3-15(20)13-16/h2-8,13-14,21H,9-12H2,1H3/t14-/m0/s1. The van der Waals surface area contributed by atoms with Crippen LogP contribution in [0.5, 0.6) is 5.75 Å². The van der Waals surface area contributed by atoms with E-state index < -0.39 is 16.1 Å². The molecule has 1 aliphatic heterocycles. The summed E-state index contributed by atoms with van der Waals surface area (Å²) in [5.41, 5.74) is 0.458. The predicted octanol–water partition coefficient (Wildman–Crippen LogP) is 2.88. The molecule has 0 bridgehead atoms. The van der Waals surface area contributed by atoms with E-state index in [2.05, 4.69) is 20.7 Å². The lowest BCUT2D eigenvalue weighted by Crippen LogP contribution is -2.46. The highest BCUT2D eigenvalue weighted by molar-refractivity contribution is 9.10. The topological polar surface area (TPSA) is 84.9 Å². The molecule has 0 saturated carbocycles. The number of anilines is 1. The Hall–Kier alpha value is -2.10. The molecule has 9 heteroatoms. The molecule has 150 valence electrons. The van der Waals surface area contributed by atoms with E-state index in [1.54, 1.807) is 42.2 Å². The minimum Gasteiger partial charge on any atom is -0.481 e. The van der Waals surface area contributed by atoms with Crippen molar-refractivity contribution in [2.24, 2.45) is 0 Å². The Morgan fingerprint density at radius 3 is 2.50 bits per heavy atom. The summed E-state index contributed by atoms with van der Waals surface area (Å²) in [6, 6.07) is 12.9. The molecule has 1 fully saturated rings. The first-order valence-corrected chi connectivity index (χ1v) is 11.0. The number of morpholine rings is 1. The second-order valence-electron chi connectivity index (χ2n) is 6.28. The summed E-state index contributed by atoms with van der Waals surface area (Å²) >= 11 is 3.31. The van der Waals surface area contributed by atoms with Crippen LogP contribution in [0, 0.1) is 0 Å². The van der Waals surface area contributed by atoms with Gasteiger partial charge in [-0.2, -0.15) is 0 Å². The van der Waals surface area contributed by atoms with E-state index in [9.17, 15) is 13.2 Å². The minimum atomic E-state index is -3.72. The van der Waals surface area contributed by atoms with Gasteiger partial charge in [-0.15, -0.1) is 0 Å². The van der Waals surface area contributed by atoms with Crippen LogP contribution < -0.4 is 9.46 Å². The number of carbonyl (C=O) groups is 1. The zero-order valence-electron chi connectivity index (χ0n) is 15.3. The number of rotatable bonds is 6. The van der Waals surface area contributed by atoms with Crippen molar-refractivity contribution in [2.75, 3.05) is 31.0 Å². The fourth-order valence-corrected chi connectivity index (χ4v) is 4.21. The number of amides is 1. The summed E-state index contributed by atoms with van der Waals surface area (Å²) < 4.78 is 39.3. The maximum Gasteiger partial charge on any atom is 0.263 e. The van der Waals surface area contributed by atoms with Crippen LogP contribution in [0.15, 0.2) is 57.9 Å². The molecule has 1 N–H and O–H groups in total. The van der Waals surface area contributed by atoms with Crippen LogP contribution in [-0.2, 0) is 19.6 Å². The second kappa shape index (κ2) is 8.93. The molecule has 1 amide bonds. The quantitative estimate of drug-likeness (QED) is 0.704. The van der Waals surface area contributed by atoms with Gasteiger partial charge in [0.15, 0.2) is 6.10 Å². The van der Waals surface area contributed by atoms with Crippen molar-refractivity contribution in [2.45, 2.75) is 17.9 Å². The SMILES string of the molecule is C[C@H](Oc1ccc(S(=O)(=O)Nc2cccc(Br)c2)cc1)C(=O)N1CCOCC1. The van der Waals surface area contributed by atoms with Gasteiger partial charge in [0.2, 0.25) is 0 Å². The molecule has 28 heavy (non-hydrogen) atoms. The first-order chi connectivity index (χ1) is 13.3. The van der Waals surface area contributed by atoms with E-state index in [0.717, 1.165) is 4.47 Å². The van der Waals surface area contributed by atoms with E-state index in [4.69, 9.17) is 9.47 Å². The molecule has 2 aromatic rings. The fourth-order valence-electron chi connectivity index (χ4n) is 2.76. The molecular formula is C19H21BrN2O5S. The molecule has 0 aromatic heterocycles. The number of sulfonamides is 1. The van der Waals surface area contributed by atoms with Gasteiger partial charge < -0.3 is 14.4 Å². The predicted molar refractivity (Wildman–Crippen MR) is 109 cm³/mol. The van der Waals surface area contributed by atoms with Crippen molar-refractivity contribution >= 4 is 37.5 Å². The van der Waals surface area contributed by atoms with Gasteiger partial charge in [0.1, 0.15) is 5.75 Å². The molecule has 0 spiro atoms. The van der Waals surface area contributed by atoms with Gasteiger partial charge in [-0.1, -0.05) is 22.0 Å². The summed E-state index contributed by atoms with van der Waals surface area (Å²) in [5, 5.41) is 0. The summed E-state index contributed by atoms with van der Waals surface area (Å²) in [6.07, 6.45) is -0.666. The van der Waals surface area contributed by atoms with Crippen molar-refractivity contribution in [1.82, 2.24) is 4.90 Å². The van der Waals surface area contributed by atoms with Crippen LogP contribution in [0.2, 0.25) is 0 Å². The molecular weight excluding hydrogens is 448 g/mol. The number of carbonyl (C=O) groups excluding carboxylic acids is 1. The van der Waals surface area contributed by atoms with Crippen LogP contribution in [0.4, 0.5) is 5.69 Å². The Morgan fingerprint density at radius 1 is 1.18 bits per heavy atom. The van der Waals surface area contributed by atoms with E-state index in [0.29, 0.717) is 37.7 Å². The maximum absolute atomic E-state index is 12.5. The normalized spacial score (nSPS) is 15.7. The number of hydrogen-bond acceptors (Lipinski definition) is 5. The van der Waals surface area contributed by atoms with E-state index in [-0.39, 0.29) is 10.8 Å². The van der Waals surface area contributed by atoms with Gasteiger partial charge in [-0.05, 0) is 49.4 Å². The lowest BCUT2D eigenvalue weighted by atomic mass is 10.3. The average molecular weight is 469 g/mol. The number of halogens is 1. The van der Waals surface area contributed by atoms with Gasteiger partial charge >= 0.3 is 0 Å². The Morgan fingerprint density at radius 2 is 1.86 bits per heavy atom. The molecule has 2 aromatic carbocycles. The first kappa shape index (κ1) is 20.6. The summed E-state index contributed by atoms with van der Waals surface area (Å²) in [7, 11) is -3.72. The number of nitrogens with one attached hydrogen (secondary N) is 1. The molecule has 0 aliphatic carbocycles. The van der Waals surface area contributed by atoms with Crippen LogP contribution in [-0.4, -0.2) is 51.6 Å². The molecule has 0 radical (unpaired) electrons. The Kier molecular flexibility index (Phi) is 6.58. The highest BCUT2D eigenvalue weighted by Gasteiger charge is 2.24. The Labute approximate surface area is 172 Å². The Balaban J connectivity index is 1.64. The van der Waals surface area contributed by atoms with Gasteiger partial charge in [0, 0.05) is 23.2 Å². The lowest BCUT2D eigenvalue weighted by molar-refractivity contribution is -0.142. The van der Waals surface area contributed by atoms with Crippen LogP contribution in [0.3, 0.4) is 0 Å². The van der Waals surface area contributed by atoms with Gasteiger partial charge in [-0.25, -0.2) is 8.42 Å². The highest BCUT2D eigenvalue weighted by atomic mass is 79.9. The summed E-state index contributed by atoms with van der Waals surface area (Å²) in [6.45, 7) is 3.82. The van der Waals surface area contributed by atoms with Gasteiger partial charge in [-0.3, -0.25) is 9.52 Å². The third-order valence-electron chi connectivity index (χ3n) is 4.19. The van der Waals surface area contributed by atoms with E-state index in [1.807, 2.05) is 6.07 Å². The number of benzene rings is 2. The second-order valence-corrected chi connectivity index (χ2v) is 8.88. The lowest BCUT2D eigenvalue weighted by Gasteiger charge is -2.29. The van der Waals surface area contributed by atoms with Crippen LogP contribution in [0.25, 0.3) is 0 Å². The number of nitrogens with zero attached hydrogens (tertiary/aromatic N) is 1. The monoisotopic (exact) mass is 468 g/mol. The van der Waals surface area contributed by atoms with Crippen molar-refractivity contribution in [3.63, 3.8) is 0 Å². The molecule has 1 aliphatic rings. The molecule has 1 saturated heterocycles. The zero-order chi connectivity index (χ0) is 20.1. The largest absolute Gasteiger partial charge is 0.481 e. The number of hydrogen-bond donors (Lipinski definition) is 1. The minimum absolute atomic E-state index is 0.104. The van der Waals surface area contributed by atoms with Gasteiger partial charge in [0.25, 0.3) is 15.9 Å². The van der Waals surface area contributed by atoms with Crippen molar-refractivity contribution in [3.05, 3.63) is 53.0 Å². The number of ether oxygens (including phenoxy) is 2. The molecule has 3 rings (SSSR count). The fraction of sp³-hybridized carbons (Fsp3) is 0.316. The highest BCUT2D eigenvalue weighted by Crippen LogP contribution is 2.22. The summed E-state index contributed by atoms with van der Waals surface area (Å²) in [5.74, 6) is 0.312. The molecule has 1 atom stereocenters. The maximum atomic E-state index is 12.5. The Bertz CT molecular complexity index is 928. The first-order valence-electron chi connectivity index (χ1n) is 8.77. The van der Waals surface area contributed by atoms with Crippen LogP contribution in [0.1, 0.15) is 6.92 Å². The molecule has 0 unspecified atom stereocenters. The average Bonchev–Trinajstić information content (AvgIpc) is 2.68. The van der Waals surface area contributed by atoms with E-state index >= 15 is 0 Å². The zero-order valence-corrected chi connectivity index (χ0v) is 17.7. The smallest absolute Gasteiger partial charge is 0.263 e. The van der Waals surface area contributed by atoms with Crippen LogP contribution >= 0.6 is 15.9 Å². The summed E-state index contributed by atoms with van der Waals surface area (Å²) in [4.78, 5) is 14.2. The van der Waals surface area contributed by atoms with E-state index in [1.165, 1.54) is 12.1 Å².